The van der Waals surface area contributed by atoms with E-state index in [1.165, 1.54) is 12.1 Å². The number of phenols is 1. The predicted molar refractivity (Wildman–Crippen MR) is 61.5 cm³/mol. The lowest BCUT2D eigenvalue weighted by Crippen LogP contribution is -2.33. The fraction of sp³-hybridized carbons (Fsp3) is 0.300. The Morgan fingerprint density at radius 3 is 2.69 bits per heavy atom. The highest BCUT2D eigenvalue weighted by Crippen LogP contribution is 2.20. The summed E-state index contributed by atoms with van der Waals surface area (Å²) in [5.74, 6) is 0.000508. The number of hydrogen-bond donors (Lipinski definition) is 5. The average molecular weight is 221 g/mol. The van der Waals surface area contributed by atoms with Gasteiger partial charge < -0.3 is 27.1 Å². The third-order valence-corrected chi connectivity index (χ3v) is 2.08. The lowest BCUT2D eigenvalue weighted by Gasteiger charge is -2.18. The molecule has 0 radical (unpaired) electrons. The Hall–Kier alpha value is -1.95. The van der Waals surface area contributed by atoms with Gasteiger partial charge in [-0.05, 0) is 24.6 Å². The van der Waals surface area contributed by atoms with Gasteiger partial charge in [-0.2, -0.15) is 0 Å². The molecule has 6 nitrogen and oxygen atoms in total. The summed E-state index contributed by atoms with van der Waals surface area (Å²) in [5.41, 5.74) is 13.5. The highest BCUT2D eigenvalue weighted by molar-refractivity contribution is 5.75. The van der Waals surface area contributed by atoms with Crippen LogP contribution < -0.4 is 16.9 Å². The van der Waals surface area contributed by atoms with Gasteiger partial charge in [-0.1, -0.05) is 12.1 Å². The highest BCUT2D eigenvalue weighted by atomic mass is 16.3. The molecule has 0 saturated carbocycles. The van der Waals surface area contributed by atoms with Crippen molar-refractivity contribution in [1.29, 1.82) is 0 Å². The first-order valence-corrected chi connectivity index (χ1v) is 4.82. The molecule has 0 aliphatic heterocycles. The molecule has 0 heterocycles. The van der Waals surface area contributed by atoms with Gasteiger partial charge in [0, 0.05) is 0 Å². The van der Waals surface area contributed by atoms with Crippen LogP contribution in [0.2, 0.25) is 0 Å². The van der Waals surface area contributed by atoms with Crippen molar-refractivity contribution >= 4 is 5.96 Å². The molecule has 1 rings (SSSR count). The van der Waals surface area contributed by atoms with Crippen molar-refractivity contribution in [3.8, 4) is 5.75 Å². The van der Waals surface area contributed by atoms with E-state index in [1.807, 2.05) is 0 Å². The minimum atomic E-state index is -0.810. The van der Waals surface area contributed by atoms with Gasteiger partial charge in [0.15, 0.2) is 0 Å². The number of hydrogen-bond acceptors (Lipinski definition) is 4. The summed E-state index contributed by atoms with van der Waals surface area (Å²) >= 11 is 0. The van der Waals surface area contributed by atoms with Crippen molar-refractivity contribution in [1.82, 2.24) is 5.43 Å². The fourth-order valence-electron chi connectivity index (χ4n) is 1.24. The van der Waals surface area contributed by atoms with Crippen LogP contribution in [0, 0.1) is 0 Å². The lowest BCUT2D eigenvalue weighted by molar-refractivity contribution is 0.136. The topological polar surface area (TPSA) is 117 Å². The van der Waals surface area contributed by atoms with E-state index in [2.05, 4.69) is 10.5 Å². The number of aliphatic hydroxyl groups is 1. The molecule has 2 atom stereocenters. The number of nitrogens with two attached hydrogens (primary N) is 2. The van der Waals surface area contributed by atoms with E-state index in [0.717, 1.165) is 0 Å². The van der Waals surface area contributed by atoms with E-state index in [9.17, 15) is 10.2 Å². The Kier molecular flexibility index (Phi) is 3.96. The Labute approximate surface area is 93.6 Å². The maximum atomic E-state index is 9.90. The molecule has 0 aliphatic rings. The van der Waals surface area contributed by atoms with Crippen LogP contribution in [0.25, 0.3) is 0 Å². The molecule has 1 aromatic carbocycles. The molecule has 0 spiro atoms. The Morgan fingerprint density at radius 2 is 2.12 bits per heavy atom. The third kappa shape index (κ3) is 3.32. The number of hydrazone groups is 1. The zero-order chi connectivity index (χ0) is 12.1. The first-order chi connectivity index (χ1) is 7.50. The van der Waals surface area contributed by atoms with E-state index in [-0.39, 0.29) is 17.8 Å². The number of guanidine groups is 1. The van der Waals surface area contributed by atoms with Gasteiger partial charge in [0.25, 0.3) is 0 Å². The number of rotatable bonds is 4. The van der Waals surface area contributed by atoms with Crippen molar-refractivity contribution in [3.05, 3.63) is 29.8 Å². The summed E-state index contributed by atoms with van der Waals surface area (Å²) in [4.78, 5) is 0. The first-order valence-electron chi connectivity index (χ1n) is 4.82. The van der Waals surface area contributed by atoms with Crippen molar-refractivity contribution < 1.29 is 10.2 Å². The van der Waals surface area contributed by atoms with Crippen LogP contribution in [0.5, 0.6) is 5.75 Å². The van der Waals surface area contributed by atoms with Crippen LogP contribution in [0.3, 0.4) is 0 Å². The minimum Gasteiger partial charge on any atom is -0.508 e. The van der Waals surface area contributed by atoms with Crippen LogP contribution >= 0.6 is 0 Å². The van der Waals surface area contributed by atoms with Gasteiger partial charge in [-0.3, -0.25) is 0 Å². The zero-order valence-electron chi connectivity index (χ0n) is 8.96. The van der Waals surface area contributed by atoms with E-state index in [1.54, 1.807) is 19.1 Å². The summed E-state index contributed by atoms with van der Waals surface area (Å²) in [6.45, 7) is 1.72. The molecule has 7 N–H and O–H groups in total. The summed E-state index contributed by atoms with van der Waals surface area (Å²) < 4.78 is 0. The number of nitrogens with zero attached hydrogens (tertiary/aromatic N) is 1. The molecule has 16 heavy (non-hydrogen) atoms. The quantitative estimate of drug-likeness (QED) is 0.269. The smallest absolute Gasteiger partial charge is 0.208 e. The average Bonchev–Trinajstić information content (AvgIpc) is 2.24. The second kappa shape index (κ2) is 5.22. The van der Waals surface area contributed by atoms with Gasteiger partial charge in [0.2, 0.25) is 5.96 Å². The molecule has 0 aromatic heterocycles. The summed E-state index contributed by atoms with van der Waals surface area (Å²) in [7, 11) is 0. The van der Waals surface area contributed by atoms with Crippen LogP contribution in [0.15, 0.2) is 29.4 Å². The van der Waals surface area contributed by atoms with Gasteiger partial charge >= 0.3 is 0 Å². The second-order valence-corrected chi connectivity index (χ2v) is 3.49. The molecule has 0 amide bonds. The van der Waals surface area contributed by atoms with Crippen LogP contribution in [0.1, 0.15) is 18.6 Å². The van der Waals surface area contributed by atoms with Gasteiger partial charge in [0.1, 0.15) is 11.9 Å². The SMILES string of the molecule is [11CH3][11C@H](NN=C(N)N)[11C@H](O)c1cccc(O)c1. The van der Waals surface area contributed by atoms with Crippen LogP contribution in [-0.2, 0) is 0 Å². The number of aromatic hydroxyl groups is 1. The highest BCUT2D eigenvalue weighted by Gasteiger charge is 2.15. The number of aliphatic hydroxyl groups excluding tert-OH is 1. The fourth-order valence-corrected chi connectivity index (χ4v) is 1.24. The van der Waals surface area contributed by atoms with E-state index in [4.69, 9.17) is 11.5 Å². The Bertz CT molecular complexity index is 377. The minimum absolute atomic E-state index is 0.102. The van der Waals surface area contributed by atoms with Crippen LogP contribution in [-0.4, -0.2) is 22.2 Å². The van der Waals surface area contributed by atoms with E-state index < -0.39 is 6.10 Å². The molecule has 0 bridgehead atoms. The normalized spacial score (nSPS) is 13.9. The largest absolute Gasteiger partial charge is 0.508 e. The molecule has 0 unspecified atom stereocenters. The second-order valence-electron chi connectivity index (χ2n) is 3.49. The van der Waals surface area contributed by atoms with Gasteiger partial charge in [-0.25, -0.2) is 0 Å². The molecule has 88 valence electrons. The molecule has 0 saturated heterocycles. The first kappa shape index (κ1) is 12.1. The predicted octanol–water partition coefficient (Wildman–Crippen LogP) is -0.408. The summed E-state index contributed by atoms with van der Waals surface area (Å²) in [6.07, 6.45) is -0.810. The van der Waals surface area contributed by atoms with Gasteiger partial charge in [-0.15, -0.1) is 5.10 Å². The maximum Gasteiger partial charge on any atom is 0.208 e. The summed E-state index contributed by atoms with van der Waals surface area (Å²) in [5, 5.41) is 22.8. The Morgan fingerprint density at radius 1 is 1.44 bits per heavy atom. The monoisotopic (exact) mass is 221 g/mol. The molecule has 1 aromatic rings. The molecular weight excluding hydrogens is 205 g/mol. The molecular formula is C10H16N4O2. The lowest BCUT2D eigenvalue weighted by atomic mass is 9.30. The third-order valence-electron chi connectivity index (χ3n) is 2.08. The van der Waals surface area contributed by atoms with Crippen LogP contribution in [0.4, 0.5) is 0 Å². The Balaban J connectivity index is 2.70. The standard InChI is InChI=1S/C10H16N4O2/c1-6(13-14-10(11)12)9(16)7-3-2-4-8(15)5-7/h2-6,9,13,15-16H,1H3,(H4,11,12,14)/t6-,9-/m0/s1/i1-1,6-1,9-1. The maximum absolute atomic E-state index is 9.90. The molecule has 6 heteroatoms. The van der Waals surface area contributed by atoms with Crippen molar-refractivity contribution in [2.45, 2.75) is 19.1 Å². The van der Waals surface area contributed by atoms with E-state index in [0.29, 0.717) is 5.56 Å². The number of phenolic OH excluding ortho intramolecular Hbond substituents is 1. The van der Waals surface area contributed by atoms with Crippen molar-refractivity contribution in [2.75, 3.05) is 0 Å². The van der Waals surface area contributed by atoms with Gasteiger partial charge in [0.05, 0.1) is 6.04 Å². The molecule has 0 aliphatic carbocycles. The summed E-state index contributed by atoms with van der Waals surface area (Å²) in [6, 6.07) is 6.01. The van der Waals surface area contributed by atoms with Crippen molar-refractivity contribution in [3.63, 3.8) is 0 Å². The molecule has 0 fully saturated rings. The number of benzene rings is 1. The van der Waals surface area contributed by atoms with E-state index >= 15 is 0 Å². The van der Waals surface area contributed by atoms with Crippen molar-refractivity contribution in [2.24, 2.45) is 16.6 Å². The number of nitrogens with one attached hydrogen (secondary N) is 1. The zero-order valence-corrected chi connectivity index (χ0v) is 8.96.